The quantitative estimate of drug-likeness (QED) is 0.0666. The van der Waals surface area contributed by atoms with E-state index in [0.29, 0.717) is 45.9 Å². The molecule has 588 valence electrons. The molecule has 0 aliphatic carbocycles. The summed E-state index contributed by atoms with van der Waals surface area (Å²) in [5.74, 6) is 8.46. The fraction of sp³-hybridized carbons (Fsp3) is 0.0385. The minimum absolute atomic E-state index is 0. The van der Waals surface area contributed by atoms with E-state index in [1.165, 1.54) is 10.8 Å². The van der Waals surface area contributed by atoms with Crippen LogP contribution in [0.4, 0.5) is 0 Å². The normalized spacial score (nSPS) is 11.3. The Morgan fingerprint density at radius 2 is 0.541 bits per heavy atom. The Morgan fingerprint density at radius 1 is 0.230 bits per heavy atom. The second-order valence-electron chi connectivity index (χ2n) is 29.6. The number of hydrogen-bond acceptors (Lipinski definition) is 12. The predicted octanol–water partition coefficient (Wildman–Crippen LogP) is 25.2. The summed E-state index contributed by atoms with van der Waals surface area (Å²) in [6.45, 7) is 8.30. The zero-order valence-corrected chi connectivity index (χ0v) is 69.1. The summed E-state index contributed by atoms with van der Waals surface area (Å²) in [5, 5.41) is 9.00. The van der Waals surface area contributed by atoms with Crippen LogP contribution in [0.3, 0.4) is 0 Å². The number of pyridine rings is 4. The van der Waals surface area contributed by atoms with E-state index >= 15 is 0 Å². The number of hydrogen-bond donors (Lipinski definition) is 0. The first kappa shape index (κ1) is 77.1. The third-order valence-corrected chi connectivity index (χ3v) is 21.5. The fourth-order valence-electron chi connectivity index (χ4n) is 15.9. The zero-order chi connectivity index (χ0) is 80.3. The molecule has 0 unspecified atom stereocenters. The zero-order valence-electron chi connectivity index (χ0n) is 66.0. The minimum atomic E-state index is 0. The number of nitrogens with zero attached hydrogens (tertiary/aromatic N) is 12. The van der Waals surface area contributed by atoms with Crippen LogP contribution in [0.1, 0.15) is 22.3 Å². The molecule has 10 heterocycles. The van der Waals surface area contributed by atoms with Crippen molar-refractivity contribution in [2.75, 3.05) is 0 Å². The fourth-order valence-corrected chi connectivity index (χ4v) is 15.9. The van der Waals surface area contributed by atoms with E-state index in [4.69, 9.17) is 48.9 Å². The summed E-state index contributed by atoms with van der Waals surface area (Å²) in [7, 11) is 0. The van der Waals surface area contributed by atoms with Crippen molar-refractivity contribution in [2.45, 2.75) is 27.7 Å². The van der Waals surface area contributed by atoms with Gasteiger partial charge in [-0.05, 0) is 182 Å². The van der Waals surface area contributed by atoms with E-state index in [1.807, 2.05) is 183 Å². The molecule has 0 N–H and O–H groups in total. The number of ether oxygens (including phenoxy) is 4. The van der Waals surface area contributed by atoms with Gasteiger partial charge in [0.2, 0.25) is 0 Å². The third-order valence-electron chi connectivity index (χ3n) is 21.5. The topological polar surface area (TPSA) is 160 Å². The van der Waals surface area contributed by atoms with Gasteiger partial charge in [0.15, 0.2) is 0 Å². The molecular formula is C104H68N12O4Pd2. The second kappa shape index (κ2) is 32.8. The van der Waals surface area contributed by atoms with E-state index in [2.05, 4.69) is 214 Å². The molecule has 0 fully saturated rings. The van der Waals surface area contributed by atoms with E-state index in [1.54, 1.807) is 24.8 Å². The summed E-state index contributed by atoms with van der Waals surface area (Å²) in [5.41, 5.74) is 18.8. The van der Waals surface area contributed by atoms with Crippen molar-refractivity contribution >= 4 is 87.2 Å². The molecule has 0 aliphatic heterocycles. The van der Waals surface area contributed by atoms with Crippen LogP contribution in [-0.4, -0.2) is 58.1 Å². The number of benzene rings is 12. The maximum atomic E-state index is 6.49. The van der Waals surface area contributed by atoms with E-state index in [0.717, 1.165) is 167 Å². The molecule has 122 heavy (non-hydrogen) atoms. The molecular weight excluding hydrogens is 1690 g/mol. The second-order valence-corrected chi connectivity index (χ2v) is 29.6. The number of para-hydroxylation sites is 4. The predicted molar refractivity (Wildman–Crippen MR) is 475 cm³/mol. The van der Waals surface area contributed by atoms with Crippen LogP contribution in [-0.2, 0) is 40.8 Å². The monoisotopic (exact) mass is 1760 g/mol. The van der Waals surface area contributed by atoms with Crippen LogP contribution in [0.15, 0.2) is 341 Å². The smallest absolute Gasteiger partial charge is 0.503 e. The van der Waals surface area contributed by atoms with Crippen LogP contribution >= 0.6 is 0 Å². The Morgan fingerprint density at radius 3 is 0.918 bits per heavy atom. The average molecular weight is 1760 g/mol. The summed E-state index contributed by atoms with van der Waals surface area (Å²) in [6.07, 6.45) is 14.4. The molecule has 0 amide bonds. The van der Waals surface area contributed by atoms with Gasteiger partial charge in [-0.15, -0.1) is 82.6 Å². The standard InChI is InChI=1S/C52H36N6O2.C52H32N6O2.2Pd/c2*1-33-21-23-53-51(25-33)57-47-15-5-3-13-41(47)43-19-17-39(29-49(43)57)59-37-11-7-9-35(27-37)45-31-56-46(32-55-45)36-10-8-12-38(28-36)60-40-18-20-44-42-14-4-6-16-48(42)58(50(44)30-40)52-26-34(2)22-24-54-52;;/h3-32H,1-2H3;3-26,31-32H,1-2H3;;/q;-4;2*+2. The Balaban J connectivity index is 0.000000158. The van der Waals surface area contributed by atoms with E-state index in [9.17, 15) is 0 Å². The van der Waals surface area contributed by atoms with Crippen LogP contribution < -0.4 is 18.9 Å². The molecule has 0 saturated heterocycles. The van der Waals surface area contributed by atoms with E-state index in [-0.39, 0.29) is 40.8 Å². The Labute approximate surface area is 729 Å². The molecule has 0 aliphatic rings. The molecule has 18 heteroatoms. The van der Waals surface area contributed by atoms with Gasteiger partial charge in [-0.3, -0.25) is 19.1 Å². The maximum absolute atomic E-state index is 6.49. The molecule has 0 spiro atoms. The number of rotatable bonds is 16. The first-order valence-corrected chi connectivity index (χ1v) is 39.4. The van der Waals surface area contributed by atoms with Gasteiger partial charge in [0.05, 0.1) is 45.8 Å². The molecule has 22 rings (SSSR count). The third kappa shape index (κ3) is 14.8. The van der Waals surface area contributed by atoms with Crippen LogP contribution in [0.25, 0.3) is 156 Å². The van der Waals surface area contributed by atoms with Crippen molar-refractivity contribution in [3.8, 4) is 114 Å². The molecule has 0 radical (unpaired) electrons. The van der Waals surface area contributed by atoms with Crippen molar-refractivity contribution < 1.29 is 59.8 Å². The van der Waals surface area contributed by atoms with Crippen molar-refractivity contribution in [3.05, 3.63) is 387 Å². The summed E-state index contributed by atoms with van der Waals surface area (Å²) in [6, 6.07) is 111. The van der Waals surface area contributed by atoms with Crippen molar-refractivity contribution in [2.24, 2.45) is 0 Å². The molecule has 0 saturated carbocycles. The molecule has 0 atom stereocenters. The van der Waals surface area contributed by atoms with Crippen LogP contribution in [0.5, 0.6) is 46.0 Å². The number of aryl methyl sites for hydroxylation is 4. The van der Waals surface area contributed by atoms with Gasteiger partial charge < -0.3 is 38.0 Å². The van der Waals surface area contributed by atoms with E-state index < -0.39 is 0 Å². The molecule has 10 aromatic heterocycles. The van der Waals surface area contributed by atoms with Crippen LogP contribution in [0.2, 0.25) is 0 Å². The average Bonchev–Trinajstić information content (AvgIpc) is 1.61. The van der Waals surface area contributed by atoms with Crippen LogP contribution in [0, 0.1) is 52.0 Å². The van der Waals surface area contributed by atoms with Gasteiger partial charge in [-0.1, -0.05) is 120 Å². The van der Waals surface area contributed by atoms with Gasteiger partial charge in [-0.25, -0.2) is 19.9 Å². The van der Waals surface area contributed by atoms with Crippen molar-refractivity contribution in [1.29, 1.82) is 0 Å². The van der Waals surface area contributed by atoms with Gasteiger partial charge in [0.25, 0.3) is 0 Å². The van der Waals surface area contributed by atoms with Crippen molar-refractivity contribution in [3.63, 3.8) is 0 Å². The van der Waals surface area contributed by atoms with Crippen molar-refractivity contribution in [1.82, 2.24) is 58.1 Å². The Kier molecular flexibility index (Phi) is 20.7. The van der Waals surface area contributed by atoms with Gasteiger partial charge >= 0.3 is 40.8 Å². The number of fused-ring (bicyclic) bond motifs is 12. The molecule has 0 bridgehead atoms. The summed E-state index contributed by atoms with van der Waals surface area (Å²) < 4.78 is 34.4. The molecule has 16 nitrogen and oxygen atoms in total. The van der Waals surface area contributed by atoms with Gasteiger partial charge in [0.1, 0.15) is 46.3 Å². The number of aromatic nitrogens is 12. The summed E-state index contributed by atoms with van der Waals surface area (Å²) >= 11 is 0. The largest absolute Gasteiger partial charge is 2.00 e. The van der Waals surface area contributed by atoms with Gasteiger partial charge in [-0.2, -0.15) is 12.1 Å². The maximum Gasteiger partial charge on any atom is 2.00 e. The first-order chi connectivity index (χ1) is 59.0. The summed E-state index contributed by atoms with van der Waals surface area (Å²) in [4.78, 5) is 38.0. The molecule has 12 aromatic carbocycles. The van der Waals surface area contributed by atoms with Gasteiger partial charge in [0, 0.05) is 127 Å². The first-order valence-electron chi connectivity index (χ1n) is 39.4. The Hall–Kier alpha value is -14.9. The minimum Gasteiger partial charge on any atom is -0.503 e. The SMILES string of the molecule is Cc1ccnc(-n2c3[c-]c(Oc4[c-]c(-c5cnc(-c6[c-]c(Oc7[c-]c8c(cc7)c7ccccc7n8-c7cc(C)ccn7)ccc6)cn5)ccc4)ccc3c3ccccc32)c1.Cc1ccnc(-n2c3ccccc3c3ccc(Oc4cccc(-c5cnc(-c6cccc(Oc7ccc8c9ccccc9n(-c9cc(C)ccn9)c8c7)c6)cn5)c4)cc32)c1.[Pd+2].[Pd+2]. The Bertz CT molecular complexity index is 6860. The molecule has 22 aromatic rings.